The van der Waals surface area contributed by atoms with E-state index in [1.807, 2.05) is 49.4 Å². The zero-order valence-electron chi connectivity index (χ0n) is 19.3. The van der Waals surface area contributed by atoms with Crippen LogP contribution in [-0.2, 0) is 21.4 Å². The summed E-state index contributed by atoms with van der Waals surface area (Å²) in [5, 5.41) is 0. The van der Waals surface area contributed by atoms with Crippen LogP contribution in [0, 0.1) is 6.92 Å². The van der Waals surface area contributed by atoms with E-state index >= 15 is 0 Å². The molecule has 0 bridgehead atoms. The van der Waals surface area contributed by atoms with Gasteiger partial charge in [0.1, 0.15) is 18.1 Å². The highest BCUT2D eigenvalue weighted by Gasteiger charge is 2.31. The largest absolute Gasteiger partial charge is 0.494 e. The summed E-state index contributed by atoms with van der Waals surface area (Å²) in [6, 6.07) is 21.3. The number of para-hydroxylation sites is 2. The van der Waals surface area contributed by atoms with Crippen molar-refractivity contribution in [1.82, 2.24) is 4.31 Å². The summed E-state index contributed by atoms with van der Waals surface area (Å²) in [6.45, 7) is 4.67. The van der Waals surface area contributed by atoms with Crippen molar-refractivity contribution in [3.05, 3.63) is 83.9 Å². The SMILES string of the molecule is CCOc1ccc(S(=O)(=O)N(CC(=O)N2CCOc3ccccc32)Cc2ccccc2)cc1C. The molecule has 8 heteroatoms. The van der Waals surface area contributed by atoms with Crippen molar-refractivity contribution in [1.29, 1.82) is 0 Å². The Hall–Kier alpha value is -3.36. The normalized spacial score (nSPS) is 13.3. The zero-order chi connectivity index (χ0) is 24.1. The Labute approximate surface area is 200 Å². The smallest absolute Gasteiger partial charge is 0.243 e. The van der Waals surface area contributed by atoms with Gasteiger partial charge >= 0.3 is 0 Å². The standard InChI is InChI=1S/C26H28N2O5S/c1-3-32-24-14-13-22(17-20(24)2)34(30,31)27(18-21-9-5-4-6-10-21)19-26(29)28-15-16-33-25-12-8-7-11-23(25)28/h4-14,17H,3,15-16,18-19H2,1-2H3. The molecule has 0 saturated carbocycles. The fraction of sp³-hybridized carbons (Fsp3) is 0.269. The average molecular weight is 481 g/mol. The number of nitrogens with zero attached hydrogens (tertiary/aromatic N) is 2. The lowest BCUT2D eigenvalue weighted by molar-refractivity contribution is -0.119. The summed E-state index contributed by atoms with van der Waals surface area (Å²) in [6.07, 6.45) is 0. The van der Waals surface area contributed by atoms with E-state index in [0.717, 1.165) is 11.1 Å². The second-order valence-electron chi connectivity index (χ2n) is 7.98. The molecule has 0 fully saturated rings. The van der Waals surface area contributed by atoms with Crippen molar-refractivity contribution in [2.75, 3.05) is 31.2 Å². The molecule has 7 nitrogen and oxygen atoms in total. The molecule has 0 saturated heterocycles. The van der Waals surface area contributed by atoms with Crippen LogP contribution in [0.25, 0.3) is 0 Å². The third kappa shape index (κ3) is 5.08. The van der Waals surface area contributed by atoms with E-state index in [9.17, 15) is 13.2 Å². The molecule has 3 aromatic carbocycles. The van der Waals surface area contributed by atoms with Crippen LogP contribution >= 0.6 is 0 Å². The van der Waals surface area contributed by atoms with Gasteiger partial charge in [-0.05, 0) is 55.3 Å². The summed E-state index contributed by atoms with van der Waals surface area (Å²) in [4.78, 5) is 15.1. The van der Waals surface area contributed by atoms with Gasteiger partial charge in [-0.15, -0.1) is 0 Å². The molecule has 0 atom stereocenters. The average Bonchev–Trinajstić information content (AvgIpc) is 2.85. The van der Waals surface area contributed by atoms with Crippen LogP contribution in [0.5, 0.6) is 11.5 Å². The first kappa shape index (κ1) is 23.8. The number of ether oxygens (including phenoxy) is 2. The van der Waals surface area contributed by atoms with Gasteiger partial charge in [0.25, 0.3) is 0 Å². The fourth-order valence-electron chi connectivity index (χ4n) is 3.93. The van der Waals surface area contributed by atoms with Gasteiger partial charge in [0.15, 0.2) is 0 Å². The zero-order valence-corrected chi connectivity index (χ0v) is 20.1. The van der Waals surface area contributed by atoms with Crippen LogP contribution in [0.1, 0.15) is 18.1 Å². The molecular formula is C26H28N2O5S. The number of carbonyl (C=O) groups excluding carboxylic acids is 1. The maximum absolute atomic E-state index is 13.7. The highest BCUT2D eigenvalue weighted by atomic mass is 32.2. The Balaban J connectivity index is 1.66. The van der Waals surface area contributed by atoms with Crippen LogP contribution in [0.4, 0.5) is 5.69 Å². The maximum atomic E-state index is 13.7. The number of rotatable bonds is 8. The summed E-state index contributed by atoms with van der Waals surface area (Å²) in [5.74, 6) is 0.941. The number of benzene rings is 3. The minimum Gasteiger partial charge on any atom is -0.494 e. The quantitative estimate of drug-likeness (QED) is 0.487. The summed E-state index contributed by atoms with van der Waals surface area (Å²) >= 11 is 0. The number of hydrogen-bond acceptors (Lipinski definition) is 5. The summed E-state index contributed by atoms with van der Waals surface area (Å²) < 4.78 is 39.9. The second-order valence-corrected chi connectivity index (χ2v) is 9.92. The molecule has 0 aromatic heterocycles. The van der Waals surface area contributed by atoms with Gasteiger partial charge in [-0.3, -0.25) is 4.79 Å². The Morgan fingerprint density at radius 2 is 1.79 bits per heavy atom. The van der Waals surface area contributed by atoms with Crippen molar-refractivity contribution in [2.24, 2.45) is 0 Å². The summed E-state index contributed by atoms with van der Waals surface area (Å²) in [7, 11) is -3.97. The van der Waals surface area contributed by atoms with Gasteiger partial charge in [-0.2, -0.15) is 4.31 Å². The van der Waals surface area contributed by atoms with Crippen LogP contribution < -0.4 is 14.4 Å². The number of carbonyl (C=O) groups is 1. The van der Waals surface area contributed by atoms with Gasteiger partial charge in [-0.1, -0.05) is 42.5 Å². The highest BCUT2D eigenvalue weighted by molar-refractivity contribution is 7.89. The lowest BCUT2D eigenvalue weighted by atomic mass is 10.2. The van der Waals surface area contributed by atoms with Crippen molar-refractivity contribution < 1.29 is 22.7 Å². The molecule has 3 aromatic rings. The predicted octanol–water partition coefficient (Wildman–Crippen LogP) is 4.01. The van der Waals surface area contributed by atoms with Gasteiger partial charge in [-0.25, -0.2) is 8.42 Å². The number of fused-ring (bicyclic) bond motifs is 1. The minimum atomic E-state index is -3.97. The molecule has 34 heavy (non-hydrogen) atoms. The van der Waals surface area contributed by atoms with Crippen molar-refractivity contribution in [3.63, 3.8) is 0 Å². The Morgan fingerprint density at radius 1 is 1.06 bits per heavy atom. The van der Waals surface area contributed by atoms with Crippen LogP contribution in [0.15, 0.2) is 77.7 Å². The van der Waals surface area contributed by atoms with Crippen molar-refractivity contribution in [2.45, 2.75) is 25.3 Å². The van der Waals surface area contributed by atoms with Crippen LogP contribution in [0.3, 0.4) is 0 Å². The molecule has 4 rings (SSSR count). The van der Waals surface area contributed by atoms with E-state index in [1.54, 1.807) is 36.1 Å². The van der Waals surface area contributed by atoms with Crippen molar-refractivity contribution >= 4 is 21.6 Å². The van der Waals surface area contributed by atoms with Crippen LogP contribution in [-0.4, -0.2) is 44.9 Å². The fourth-order valence-corrected chi connectivity index (χ4v) is 5.39. The predicted molar refractivity (Wildman–Crippen MR) is 131 cm³/mol. The molecule has 0 spiro atoms. The van der Waals surface area contributed by atoms with Gasteiger partial charge in [0, 0.05) is 6.54 Å². The van der Waals surface area contributed by atoms with E-state index in [2.05, 4.69) is 0 Å². The molecule has 1 aliphatic heterocycles. The van der Waals surface area contributed by atoms with Gasteiger partial charge < -0.3 is 14.4 Å². The highest BCUT2D eigenvalue weighted by Crippen LogP contribution is 2.31. The number of anilines is 1. The lowest BCUT2D eigenvalue weighted by Gasteiger charge is -2.31. The first-order valence-electron chi connectivity index (χ1n) is 11.2. The first-order chi connectivity index (χ1) is 16.4. The van der Waals surface area contributed by atoms with Crippen molar-refractivity contribution in [3.8, 4) is 11.5 Å². The van der Waals surface area contributed by atoms with Gasteiger partial charge in [0.2, 0.25) is 15.9 Å². The number of hydrogen-bond donors (Lipinski definition) is 0. The monoisotopic (exact) mass is 480 g/mol. The Kier molecular flexibility index (Phi) is 7.19. The minimum absolute atomic E-state index is 0.0765. The molecule has 178 valence electrons. The van der Waals surface area contributed by atoms with Crippen LogP contribution in [0.2, 0.25) is 0 Å². The molecule has 0 unspecified atom stereocenters. The third-order valence-electron chi connectivity index (χ3n) is 5.63. The molecular weight excluding hydrogens is 452 g/mol. The Bertz CT molecular complexity index is 1260. The maximum Gasteiger partial charge on any atom is 0.243 e. The topological polar surface area (TPSA) is 76.2 Å². The number of amides is 1. The molecule has 0 radical (unpaired) electrons. The number of sulfonamides is 1. The van der Waals surface area contributed by atoms with E-state index in [1.165, 1.54) is 10.4 Å². The van der Waals surface area contributed by atoms with E-state index in [0.29, 0.717) is 36.9 Å². The van der Waals surface area contributed by atoms with E-state index < -0.39 is 10.0 Å². The second kappa shape index (κ2) is 10.3. The molecule has 1 heterocycles. The van der Waals surface area contributed by atoms with Gasteiger partial charge in [0.05, 0.1) is 30.3 Å². The number of aryl methyl sites for hydroxylation is 1. The molecule has 1 aliphatic rings. The first-order valence-corrected chi connectivity index (χ1v) is 12.6. The lowest BCUT2D eigenvalue weighted by Crippen LogP contribution is -2.45. The molecule has 1 amide bonds. The Morgan fingerprint density at radius 3 is 2.53 bits per heavy atom. The van der Waals surface area contributed by atoms with E-state index in [-0.39, 0.29) is 23.9 Å². The summed E-state index contributed by atoms with van der Waals surface area (Å²) in [5.41, 5.74) is 2.16. The van der Waals surface area contributed by atoms with E-state index in [4.69, 9.17) is 9.47 Å². The molecule has 0 aliphatic carbocycles. The molecule has 0 N–H and O–H groups in total. The third-order valence-corrected chi connectivity index (χ3v) is 7.41.